The van der Waals surface area contributed by atoms with E-state index in [0.717, 1.165) is 23.4 Å². The standard InChI is InChI=1S/C18H27BrN4O/c1-20-18(23-16-6-3-2-4-7-16)22-13-5-12-21-17(24)14-8-10-15(19)11-9-14/h8-11,16H,2-7,12-13H2,1H3,(H,21,24)(H2,20,22,23). The summed E-state index contributed by atoms with van der Waals surface area (Å²) in [6.45, 7) is 1.43. The molecule has 132 valence electrons. The predicted octanol–water partition coefficient (Wildman–Crippen LogP) is 3.07. The molecule has 1 aliphatic carbocycles. The number of guanidine groups is 1. The summed E-state index contributed by atoms with van der Waals surface area (Å²) in [7, 11) is 1.80. The molecule has 0 unspecified atom stereocenters. The number of rotatable bonds is 6. The highest BCUT2D eigenvalue weighted by molar-refractivity contribution is 9.10. The van der Waals surface area contributed by atoms with Crippen LogP contribution in [0.1, 0.15) is 48.9 Å². The Labute approximate surface area is 152 Å². The summed E-state index contributed by atoms with van der Waals surface area (Å²) in [5, 5.41) is 9.74. The number of hydrogen-bond donors (Lipinski definition) is 3. The van der Waals surface area contributed by atoms with E-state index >= 15 is 0 Å². The van der Waals surface area contributed by atoms with Crippen LogP contribution >= 0.6 is 15.9 Å². The third kappa shape index (κ3) is 6.51. The van der Waals surface area contributed by atoms with Gasteiger partial charge in [-0.05, 0) is 43.5 Å². The van der Waals surface area contributed by atoms with E-state index in [4.69, 9.17) is 0 Å². The minimum atomic E-state index is -0.0350. The number of amides is 1. The van der Waals surface area contributed by atoms with E-state index in [1.165, 1.54) is 32.1 Å². The lowest BCUT2D eigenvalue weighted by atomic mass is 9.96. The van der Waals surface area contributed by atoms with Crippen LogP contribution in [0.25, 0.3) is 0 Å². The van der Waals surface area contributed by atoms with Crippen LogP contribution in [0, 0.1) is 0 Å². The van der Waals surface area contributed by atoms with Gasteiger partial charge in [0.25, 0.3) is 5.91 Å². The number of nitrogens with one attached hydrogen (secondary N) is 3. The van der Waals surface area contributed by atoms with Crippen LogP contribution in [0.15, 0.2) is 33.7 Å². The Kier molecular flexibility index (Phi) is 8.08. The Morgan fingerprint density at radius 2 is 1.79 bits per heavy atom. The minimum Gasteiger partial charge on any atom is -0.356 e. The summed E-state index contributed by atoms with van der Waals surface area (Å²) in [5.74, 6) is 0.827. The number of halogens is 1. The van der Waals surface area contributed by atoms with Crippen molar-refractivity contribution in [3.05, 3.63) is 34.3 Å². The van der Waals surface area contributed by atoms with E-state index < -0.39 is 0 Å². The number of carbonyl (C=O) groups excluding carboxylic acids is 1. The van der Waals surface area contributed by atoms with Gasteiger partial charge >= 0.3 is 0 Å². The monoisotopic (exact) mass is 394 g/mol. The first kappa shape index (κ1) is 18.8. The number of hydrogen-bond acceptors (Lipinski definition) is 2. The summed E-state index contributed by atoms with van der Waals surface area (Å²) < 4.78 is 0.972. The molecule has 3 N–H and O–H groups in total. The Morgan fingerprint density at radius 3 is 2.46 bits per heavy atom. The van der Waals surface area contributed by atoms with E-state index in [-0.39, 0.29) is 5.91 Å². The van der Waals surface area contributed by atoms with Crippen molar-refractivity contribution >= 4 is 27.8 Å². The molecule has 0 atom stereocenters. The average Bonchev–Trinajstić information content (AvgIpc) is 2.61. The van der Waals surface area contributed by atoms with Gasteiger partial charge in [0.15, 0.2) is 5.96 Å². The van der Waals surface area contributed by atoms with Crippen LogP contribution in [0.2, 0.25) is 0 Å². The van der Waals surface area contributed by atoms with E-state index in [1.807, 2.05) is 24.3 Å². The third-order valence-electron chi connectivity index (χ3n) is 4.21. The molecule has 2 rings (SSSR count). The smallest absolute Gasteiger partial charge is 0.251 e. The highest BCUT2D eigenvalue weighted by atomic mass is 79.9. The van der Waals surface area contributed by atoms with Crippen molar-refractivity contribution in [2.75, 3.05) is 20.1 Å². The Balaban J connectivity index is 1.61. The van der Waals surface area contributed by atoms with Gasteiger partial charge < -0.3 is 16.0 Å². The summed E-state index contributed by atoms with van der Waals surface area (Å²) in [4.78, 5) is 16.3. The maximum absolute atomic E-state index is 12.0. The van der Waals surface area contributed by atoms with Crippen molar-refractivity contribution in [3.63, 3.8) is 0 Å². The van der Waals surface area contributed by atoms with Crippen LogP contribution in [-0.4, -0.2) is 38.0 Å². The van der Waals surface area contributed by atoms with Gasteiger partial charge in [-0.3, -0.25) is 9.79 Å². The fourth-order valence-corrected chi connectivity index (χ4v) is 3.10. The lowest BCUT2D eigenvalue weighted by molar-refractivity contribution is 0.0953. The lowest BCUT2D eigenvalue weighted by Crippen LogP contribution is -2.44. The molecule has 1 saturated carbocycles. The lowest BCUT2D eigenvalue weighted by Gasteiger charge is -2.24. The van der Waals surface area contributed by atoms with Crippen molar-refractivity contribution < 1.29 is 4.79 Å². The highest BCUT2D eigenvalue weighted by Crippen LogP contribution is 2.17. The minimum absolute atomic E-state index is 0.0350. The quantitative estimate of drug-likeness (QED) is 0.394. The van der Waals surface area contributed by atoms with Gasteiger partial charge in [0.1, 0.15) is 0 Å². The first-order valence-electron chi connectivity index (χ1n) is 8.70. The largest absolute Gasteiger partial charge is 0.356 e. The molecule has 1 aromatic rings. The predicted molar refractivity (Wildman–Crippen MR) is 102 cm³/mol. The Hall–Kier alpha value is -1.56. The molecular formula is C18H27BrN4O. The molecule has 1 amide bonds. The Morgan fingerprint density at radius 1 is 1.12 bits per heavy atom. The second kappa shape index (κ2) is 10.3. The van der Waals surface area contributed by atoms with Gasteiger partial charge in [0.2, 0.25) is 0 Å². The van der Waals surface area contributed by atoms with Crippen LogP contribution < -0.4 is 16.0 Å². The van der Waals surface area contributed by atoms with E-state index in [1.54, 1.807) is 7.05 Å². The molecular weight excluding hydrogens is 368 g/mol. The van der Waals surface area contributed by atoms with Crippen LogP contribution in [0.5, 0.6) is 0 Å². The molecule has 0 saturated heterocycles. The van der Waals surface area contributed by atoms with Crippen molar-refractivity contribution in [1.29, 1.82) is 0 Å². The van der Waals surface area contributed by atoms with Crippen LogP contribution in [0.4, 0.5) is 0 Å². The van der Waals surface area contributed by atoms with Crippen LogP contribution in [0.3, 0.4) is 0 Å². The maximum atomic E-state index is 12.0. The zero-order valence-corrected chi connectivity index (χ0v) is 15.9. The summed E-state index contributed by atoms with van der Waals surface area (Å²) in [6, 6.07) is 7.91. The van der Waals surface area contributed by atoms with Crippen molar-refractivity contribution in [1.82, 2.24) is 16.0 Å². The van der Waals surface area contributed by atoms with Crippen LogP contribution in [-0.2, 0) is 0 Å². The van der Waals surface area contributed by atoms with E-state index in [2.05, 4.69) is 36.9 Å². The van der Waals surface area contributed by atoms with Gasteiger partial charge in [-0.15, -0.1) is 0 Å². The normalized spacial score (nSPS) is 15.8. The number of carbonyl (C=O) groups is 1. The highest BCUT2D eigenvalue weighted by Gasteiger charge is 2.14. The van der Waals surface area contributed by atoms with E-state index in [9.17, 15) is 4.79 Å². The average molecular weight is 395 g/mol. The summed E-state index contributed by atoms with van der Waals surface area (Å²) in [6.07, 6.45) is 7.26. The fourth-order valence-electron chi connectivity index (χ4n) is 2.84. The van der Waals surface area contributed by atoms with Gasteiger partial charge in [-0.25, -0.2) is 0 Å². The Bertz CT molecular complexity index is 538. The molecule has 0 aromatic heterocycles. The van der Waals surface area contributed by atoms with Crippen molar-refractivity contribution in [2.24, 2.45) is 4.99 Å². The first-order valence-corrected chi connectivity index (χ1v) is 9.49. The molecule has 24 heavy (non-hydrogen) atoms. The molecule has 0 bridgehead atoms. The molecule has 0 spiro atoms. The van der Waals surface area contributed by atoms with Crippen molar-refractivity contribution in [3.8, 4) is 0 Å². The van der Waals surface area contributed by atoms with Crippen molar-refractivity contribution in [2.45, 2.75) is 44.6 Å². The summed E-state index contributed by atoms with van der Waals surface area (Å²) >= 11 is 3.37. The second-order valence-electron chi connectivity index (χ2n) is 6.09. The van der Waals surface area contributed by atoms with E-state index in [0.29, 0.717) is 18.2 Å². The molecule has 0 radical (unpaired) electrons. The molecule has 6 heteroatoms. The van der Waals surface area contributed by atoms with Gasteiger partial charge in [0, 0.05) is 36.2 Å². The summed E-state index contributed by atoms with van der Waals surface area (Å²) in [5.41, 5.74) is 0.681. The van der Waals surface area contributed by atoms with Gasteiger partial charge in [-0.2, -0.15) is 0 Å². The number of nitrogens with zero attached hydrogens (tertiary/aromatic N) is 1. The SMILES string of the molecule is CN=C(NCCCNC(=O)c1ccc(Br)cc1)NC1CCCCC1. The molecule has 1 fully saturated rings. The zero-order valence-electron chi connectivity index (χ0n) is 14.3. The van der Waals surface area contributed by atoms with Gasteiger partial charge in [-0.1, -0.05) is 35.2 Å². The third-order valence-corrected chi connectivity index (χ3v) is 4.74. The molecule has 1 aliphatic rings. The first-order chi connectivity index (χ1) is 11.7. The van der Waals surface area contributed by atoms with Gasteiger partial charge in [0.05, 0.1) is 0 Å². The molecule has 0 aliphatic heterocycles. The zero-order chi connectivity index (χ0) is 17.2. The molecule has 0 heterocycles. The fraction of sp³-hybridized carbons (Fsp3) is 0.556. The molecule has 5 nitrogen and oxygen atoms in total. The second-order valence-corrected chi connectivity index (χ2v) is 7.01. The maximum Gasteiger partial charge on any atom is 0.251 e. The number of aliphatic imine (C=N–C) groups is 1. The molecule has 1 aromatic carbocycles. The number of benzene rings is 1. The topological polar surface area (TPSA) is 65.5 Å².